The van der Waals surface area contributed by atoms with Gasteiger partial charge in [-0.2, -0.15) is 13.2 Å². The maximum Gasteiger partial charge on any atom is 0.416 e. The first-order valence-electron chi connectivity index (χ1n) is 4.93. The summed E-state index contributed by atoms with van der Waals surface area (Å²) in [7, 11) is -0.751. The van der Waals surface area contributed by atoms with Gasteiger partial charge in [-0.15, -0.1) is 0 Å². The predicted molar refractivity (Wildman–Crippen MR) is 59.3 cm³/mol. The number of benzene rings is 1. The van der Waals surface area contributed by atoms with Gasteiger partial charge in [0.15, 0.2) is 0 Å². The molecule has 3 nitrogen and oxygen atoms in total. The Morgan fingerprint density at radius 3 is 2.50 bits per heavy atom. The van der Waals surface area contributed by atoms with E-state index < -0.39 is 33.8 Å². The van der Waals surface area contributed by atoms with Crippen LogP contribution in [0.5, 0.6) is 0 Å². The van der Waals surface area contributed by atoms with Gasteiger partial charge in [-0.1, -0.05) is 6.07 Å². The first kappa shape index (κ1) is 14.7. The van der Waals surface area contributed by atoms with Crippen LogP contribution in [-0.2, 0) is 26.5 Å². The quantitative estimate of drug-likeness (QED) is 0.798. The van der Waals surface area contributed by atoms with Gasteiger partial charge in [0.05, 0.1) is 23.5 Å². The largest absolute Gasteiger partial charge is 0.468 e. The fourth-order valence-electron chi connectivity index (χ4n) is 1.26. The van der Waals surface area contributed by atoms with Crippen LogP contribution in [0.1, 0.15) is 12.5 Å². The number of ether oxygens (including phenoxy) is 1. The van der Waals surface area contributed by atoms with E-state index in [1.165, 1.54) is 13.0 Å². The fourth-order valence-corrected chi connectivity index (χ4v) is 2.39. The van der Waals surface area contributed by atoms with Crippen LogP contribution >= 0.6 is 0 Å². The number of rotatable bonds is 3. The number of carbonyl (C=O) groups is 1. The van der Waals surface area contributed by atoms with E-state index in [1.807, 2.05) is 0 Å². The summed E-state index contributed by atoms with van der Waals surface area (Å²) in [6, 6.07) is 4.09. The van der Waals surface area contributed by atoms with Crippen molar-refractivity contribution < 1.29 is 26.9 Å². The highest BCUT2D eigenvalue weighted by Crippen LogP contribution is 2.30. The van der Waals surface area contributed by atoms with Gasteiger partial charge in [-0.25, -0.2) is 0 Å². The van der Waals surface area contributed by atoms with Crippen LogP contribution in [0.25, 0.3) is 0 Å². The molecule has 0 bridgehead atoms. The van der Waals surface area contributed by atoms with Gasteiger partial charge in [-0.05, 0) is 25.1 Å². The molecular formula is C11H11F3O3S. The lowest BCUT2D eigenvalue weighted by atomic mass is 10.2. The van der Waals surface area contributed by atoms with Crippen molar-refractivity contribution in [1.29, 1.82) is 0 Å². The zero-order valence-electron chi connectivity index (χ0n) is 9.65. The molecule has 0 aliphatic rings. The van der Waals surface area contributed by atoms with E-state index in [4.69, 9.17) is 0 Å². The second kappa shape index (κ2) is 5.51. The molecule has 2 unspecified atom stereocenters. The smallest absolute Gasteiger partial charge is 0.416 e. The lowest BCUT2D eigenvalue weighted by molar-refractivity contribution is -0.139. The van der Waals surface area contributed by atoms with Gasteiger partial charge in [0.25, 0.3) is 0 Å². The molecule has 1 aromatic rings. The first-order chi connectivity index (χ1) is 8.27. The number of alkyl halides is 3. The van der Waals surface area contributed by atoms with E-state index in [2.05, 4.69) is 4.74 Å². The molecule has 0 radical (unpaired) electrons. The fraction of sp³-hybridized carbons (Fsp3) is 0.364. The molecule has 7 heteroatoms. The van der Waals surface area contributed by atoms with Crippen LogP contribution in [0.4, 0.5) is 13.2 Å². The van der Waals surface area contributed by atoms with E-state index in [9.17, 15) is 22.2 Å². The summed E-state index contributed by atoms with van der Waals surface area (Å²) in [6.45, 7) is 1.34. The second-order valence-corrected chi connectivity index (χ2v) is 5.26. The summed E-state index contributed by atoms with van der Waals surface area (Å²) in [5.41, 5.74) is -0.898. The Labute approximate surface area is 104 Å². The summed E-state index contributed by atoms with van der Waals surface area (Å²) in [4.78, 5) is 11.1. The minimum absolute atomic E-state index is 0.0530. The first-order valence-corrected chi connectivity index (χ1v) is 6.14. The maximum atomic E-state index is 12.5. The highest BCUT2D eigenvalue weighted by molar-refractivity contribution is 7.86. The summed E-state index contributed by atoms with van der Waals surface area (Å²) >= 11 is 0. The monoisotopic (exact) mass is 280 g/mol. The molecule has 0 amide bonds. The lowest BCUT2D eigenvalue weighted by Gasteiger charge is -2.11. The molecule has 0 saturated carbocycles. The molecule has 1 aromatic carbocycles. The van der Waals surface area contributed by atoms with Crippen molar-refractivity contribution in [2.24, 2.45) is 0 Å². The molecule has 2 atom stereocenters. The zero-order chi connectivity index (χ0) is 13.9. The number of methoxy groups -OCH3 is 1. The Kier molecular flexibility index (Phi) is 4.50. The Morgan fingerprint density at radius 1 is 1.39 bits per heavy atom. The zero-order valence-corrected chi connectivity index (χ0v) is 10.5. The normalized spacial score (nSPS) is 14.9. The van der Waals surface area contributed by atoms with E-state index in [0.717, 1.165) is 25.3 Å². The van der Waals surface area contributed by atoms with Crippen molar-refractivity contribution in [3.8, 4) is 0 Å². The topological polar surface area (TPSA) is 43.4 Å². The third kappa shape index (κ3) is 3.32. The van der Waals surface area contributed by atoms with Crippen molar-refractivity contribution in [3.05, 3.63) is 29.8 Å². The van der Waals surface area contributed by atoms with Crippen LogP contribution in [-0.4, -0.2) is 22.5 Å². The molecule has 1 rings (SSSR count). The molecule has 0 saturated heterocycles. The van der Waals surface area contributed by atoms with Crippen molar-refractivity contribution >= 4 is 16.8 Å². The summed E-state index contributed by atoms with van der Waals surface area (Å²) in [6.07, 6.45) is -4.51. The number of carbonyl (C=O) groups excluding carboxylic acids is 1. The highest BCUT2D eigenvalue weighted by atomic mass is 32.2. The highest BCUT2D eigenvalue weighted by Gasteiger charge is 2.31. The Balaban J connectivity index is 3.04. The SMILES string of the molecule is COC(=O)C(C)S(=O)c1cccc(C(F)(F)F)c1. The molecule has 0 aromatic heterocycles. The third-order valence-electron chi connectivity index (χ3n) is 2.25. The number of esters is 1. The van der Waals surface area contributed by atoms with Crippen molar-refractivity contribution in [1.82, 2.24) is 0 Å². The van der Waals surface area contributed by atoms with Crippen LogP contribution in [0, 0.1) is 0 Å². The lowest BCUT2D eigenvalue weighted by Crippen LogP contribution is -2.24. The molecule has 0 heterocycles. The summed E-state index contributed by atoms with van der Waals surface area (Å²) < 4.78 is 53.7. The van der Waals surface area contributed by atoms with Gasteiger partial charge in [0, 0.05) is 4.90 Å². The van der Waals surface area contributed by atoms with Crippen molar-refractivity contribution in [3.63, 3.8) is 0 Å². The standard InChI is InChI=1S/C11H11F3O3S/c1-7(10(15)17-2)18(16)9-5-3-4-8(6-9)11(12,13)14/h3-7H,1-2H3. The maximum absolute atomic E-state index is 12.5. The van der Waals surface area contributed by atoms with E-state index in [-0.39, 0.29) is 4.90 Å². The number of halogens is 3. The van der Waals surface area contributed by atoms with Crippen molar-refractivity contribution in [2.45, 2.75) is 23.2 Å². The molecule has 0 spiro atoms. The predicted octanol–water partition coefficient (Wildman–Crippen LogP) is 2.37. The van der Waals surface area contributed by atoms with E-state index in [1.54, 1.807) is 0 Å². The molecule has 0 aliphatic heterocycles. The average Bonchev–Trinajstić information content (AvgIpc) is 2.35. The van der Waals surface area contributed by atoms with Crippen LogP contribution in [0.2, 0.25) is 0 Å². The molecule has 18 heavy (non-hydrogen) atoms. The van der Waals surface area contributed by atoms with Crippen molar-refractivity contribution in [2.75, 3.05) is 7.11 Å². The molecule has 0 N–H and O–H groups in total. The molecular weight excluding hydrogens is 269 g/mol. The third-order valence-corrected chi connectivity index (χ3v) is 3.80. The Bertz CT molecular complexity index is 471. The van der Waals surface area contributed by atoms with Gasteiger partial charge < -0.3 is 4.74 Å². The van der Waals surface area contributed by atoms with Gasteiger partial charge in [-0.3, -0.25) is 9.00 Å². The summed E-state index contributed by atoms with van der Waals surface area (Å²) in [5, 5.41) is -1.02. The van der Waals surface area contributed by atoms with Gasteiger partial charge >= 0.3 is 12.1 Å². The van der Waals surface area contributed by atoms with Crippen LogP contribution in [0.15, 0.2) is 29.2 Å². The van der Waals surface area contributed by atoms with E-state index in [0.29, 0.717) is 0 Å². The number of hydrogen-bond donors (Lipinski definition) is 0. The average molecular weight is 280 g/mol. The molecule has 100 valence electrons. The van der Waals surface area contributed by atoms with Gasteiger partial charge in [0.2, 0.25) is 0 Å². The molecule has 0 fully saturated rings. The van der Waals surface area contributed by atoms with E-state index >= 15 is 0 Å². The van der Waals surface area contributed by atoms with Gasteiger partial charge in [0.1, 0.15) is 5.25 Å². The Hall–Kier alpha value is -1.37. The molecule has 0 aliphatic carbocycles. The second-order valence-electron chi connectivity index (χ2n) is 3.49. The summed E-state index contributed by atoms with van der Waals surface area (Å²) in [5.74, 6) is -0.731. The Morgan fingerprint density at radius 2 is 2.00 bits per heavy atom. The minimum Gasteiger partial charge on any atom is -0.468 e. The van der Waals surface area contributed by atoms with Crippen LogP contribution in [0.3, 0.4) is 0 Å². The minimum atomic E-state index is -4.51. The number of hydrogen-bond acceptors (Lipinski definition) is 3. The van der Waals surface area contributed by atoms with Crippen LogP contribution < -0.4 is 0 Å².